The standard InChI is InChI=1S/C18H19ClN2O/c1-13(15-7-3-4-8-16(15)19)20-12-18(22)21-11-10-14-6-2-5-9-17(14)21/h2-9,13,20H,10-12H2,1H3/t13-/m1/s1. The molecule has 2 aromatic rings. The minimum atomic E-state index is 0.0375. The summed E-state index contributed by atoms with van der Waals surface area (Å²) in [5.41, 5.74) is 3.30. The number of hydrogen-bond acceptors (Lipinski definition) is 2. The Morgan fingerprint density at radius 1 is 1.23 bits per heavy atom. The molecule has 1 aliphatic heterocycles. The largest absolute Gasteiger partial charge is 0.311 e. The third-order valence-electron chi connectivity index (χ3n) is 4.12. The topological polar surface area (TPSA) is 32.3 Å². The van der Waals surface area contributed by atoms with Crippen molar-refractivity contribution in [3.05, 3.63) is 64.7 Å². The van der Waals surface area contributed by atoms with Gasteiger partial charge in [0, 0.05) is 23.3 Å². The molecule has 3 rings (SSSR count). The summed E-state index contributed by atoms with van der Waals surface area (Å²) in [4.78, 5) is 14.3. The predicted molar refractivity (Wildman–Crippen MR) is 90.4 cm³/mol. The fourth-order valence-electron chi connectivity index (χ4n) is 2.87. The second kappa shape index (κ2) is 6.51. The van der Waals surface area contributed by atoms with Crippen LogP contribution in [0.4, 0.5) is 5.69 Å². The van der Waals surface area contributed by atoms with Gasteiger partial charge in [0.2, 0.25) is 5.91 Å². The van der Waals surface area contributed by atoms with Gasteiger partial charge in [-0.2, -0.15) is 0 Å². The van der Waals surface area contributed by atoms with E-state index in [2.05, 4.69) is 11.4 Å². The van der Waals surface area contributed by atoms with Crippen molar-refractivity contribution in [2.24, 2.45) is 0 Å². The first-order valence-corrected chi connectivity index (χ1v) is 7.90. The van der Waals surface area contributed by atoms with Crippen molar-refractivity contribution >= 4 is 23.2 Å². The van der Waals surface area contributed by atoms with Crippen molar-refractivity contribution in [3.8, 4) is 0 Å². The third kappa shape index (κ3) is 3.01. The third-order valence-corrected chi connectivity index (χ3v) is 4.46. The van der Waals surface area contributed by atoms with Crippen LogP contribution in [0.15, 0.2) is 48.5 Å². The van der Waals surface area contributed by atoms with Crippen LogP contribution in [0.2, 0.25) is 5.02 Å². The van der Waals surface area contributed by atoms with Crippen molar-refractivity contribution in [3.63, 3.8) is 0 Å². The zero-order chi connectivity index (χ0) is 15.5. The molecule has 0 bridgehead atoms. The van der Waals surface area contributed by atoms with Gasteiger partial charge in [0.25, 0.3) is 0 Å². The second-order valence-electron chi connectivity index (χ2n) is 5.55. The normalized spacial score (nSPS) is 14.7. The molecule has 2 aromatic carbocycles. The summed E-state index contributed by atoms with van der Waals surface area (Å²) >= 11 is 6.19. The number of rotatable bonds is 4. The van der Waals surface area contributed by atoms with E-state index in [0.717, 1.165) is 29.2 Å². The average molecular weight is 315 g/mol. The number of amides is 1. The molecule has 3 nitrogen and oxygen atoms in total. The lowest BCUT2D eigenvalue weighted by atomic mass is 10.1. The quantitative estimate of drug-likeness (QED) is 0.935. The zero-order valence-corrected chi connectivity index (χ0v) is 13.3. The Kier molecular flexibility index (Phi) is 4.46. The Morgan fingerprint density at radius 3 is 2.77 bits per heavy atom. The number of halogens is 1. The number of para-hydroxylation sites is 1. The van der Waals surface area contributed by atoms with Crippen molar-refractivity contribution in [2.75, 3.05) is 18.0 Å². The van der Waals surface area contributed by atoms with E-state index in [1.165, 1.54) is 5.56 Å². The monoisotopic (exact) mass is 314 g/mol. The molecule has 0 spiro atoms. The molecule has 4 heteroatoms. The van der Waals surface area contributed by atoms with E-state index in [4.69, 9.17) is 11.6 Å². The molecule has 1 heterocycles. The van der Waals surface area contributed by atoms with Gasteiger partial charge in [-0.15, -0.1) is 0 Å². The molecule has 1 atom stereocenters. The van der Waals surface area contributed by atoms with E-state index in [1.54, 1.807) is 0 Å². The molecule has 1 amide bonds. The Balaban J connectivity index is 1.63. The smallest absolute Gasteiger partial charge is 0.240 e. The predicted octanol–water partition coefficient (Wildman–Crippen LogP) is 3.58. The Hall–Kier alpha value is -1.84. The molecule has 0 saturated heterocycles. The minimum absolute atomic E-state index is 0.0375. The molecule has 0 aromatic heterocycles. The summed E-state index contributed by atoms with van der Waals surface area (Å²) in [6, 6.07) is 15.8. The number of fused-ring (bicyclic) bond motifs is 1. The highest BCUT2D eigenvalue weighted by atomic mass is 35.5. The maximum atomic E-state index is 12.5. The summed E-state index contributed by atoms with van der Waals surface area (Å²) in [7, 11) is 0. The lowest BCUT2D eigenvalue weighted by molar-refractivity contribution is -0.117. The number of nitrogens with one attached hydrogen (secondary N) is 1. The number of nitrogens with zero attached hydrogens (tertiary/aromatic N) is 1. The van der Waals surface area contributed by atoms with Crippen LogP contribution in [0.25, 0.3) is 0 Å². The van der Waals surface area contributed by atoms with Gasteiger partial charge in [-0.05, 0) is 36.6 Å². The van der Waals surface area contributed by atoms with E-state index in [1.807, 2.05) is 54.3 Å². The highest BCUT2D eigenvalue weighted by Crippen LogP contribution is 2.27. The molecular weight excluding hydrogens is 296 g/mol. The van der Waals surface area contributed by atoms with Gasteiger partial charge in [0.1, 0.15) is 0 Å². The average Bonchev–Trinajstić information content (AvgIpc) is 2.97. The van der Waals surface area contributed by atoms with E-state index < -0.39 is 0 Å². The molecule has 1 N–H and O–H groups in total. The van der Waals surface area contributed by atoms with E-state index in [-0.39, 0.29) is 11.9 Å². The van der Waals surface area contributed by atoms with Crippen LogP contribution in [0, 0.1) is 0 Å². The van der Waals surface area contributed by atoms with Crippen LogP contribution in [-0.2, 0) is 11.2 Å². The number of anilines is 1. The fraction of sp³-hybridized carbons (Fsp3) is 0.278. The van der Waals surface area contributed by atoms with Gasteiger partial charge in [-0.1, -0.05) is 48.0 Å². The Bertz CT molecular complexity index is 686. The van der Waals surface area contributed by atoms with Gasteiger partial charge in [-0.3, -0.25) is 4.79 Å². The van der Waals surface area contributed by atoms with Crippen LogP contribution in [0.5, 0.6) is 0 Å². The van der Waals surface area contributed by atoms with Gasteiger partial charge >= 0.3 is 0 Å². The molecule has 114 valence electrons. The number of carbonyl (C=O) groups is 1. The maximum Gasteiger partial charge on any atom is 0.240 e. The van der Waals surface area contributed by atoms with Crippen molar-refractivity contribution in [1.82, 2.24) is 5.32 Å². The highest BCUT2D eigenvalue weighted by molar-refractivity contribution is 6.31. The van der Waals surface area contributed by atoms with Crippen molar-refractivity contribution < 1.29 is 4.79 Å². The van der Waals surface area contributed by atoms with Crippen LogP contribution in [0.3, 0.4) is 0 Å². The number of carbonyl (C=O) groups excluding carboxylic acids is 1. The summed E-state index contributed by atoms with van der Waals surface area (Å²) in [5.74, 6) is 0.101. The lowest BCUT2D eigenvalue weighted by Crippen LogP contribution is -2.38. The SMILES string of the molecule is C[C@@H](NCC(=O)N1CCc2ccccc21)c1ccccc1Cl. The second-order valence-corrected chi connectivity index (χ2v) is 5.96. The first-order chi connectivity index (χ1) is 10.7. The van der Waals surface area contributed by atoms with E-state index in [0.29, 0.717) is 6.54 Å². The summed E-state index contributed by atoms with van der Waals surface area (Å²) in [5, 5.41) is 4.00. The molecule has 0 unspecified atom stereocenters. The van der Waals surface area contributed by atoms with E-state index in [9.17, 15) is 4.79 Å². The highest BCUT2D eigenvalue weighted by Gasteiger charge is 2.24. The number of benzene rings is 2. The van der Waals surface area contributed by atoms with Crippen LogP contribution in [-0.4, -0.2) is 19.0 Å². The van der Waals surface area contributed by atoms with Gasteiger partial charge in [-0.25, -0.2) is 0 Å². The molecule has 1 aliphatic rings. The van der Waals surface area contributed by atoms with Gasteiger partial charge in [0.05, 0.1) is 6.54 Å². The maximum absolute atomic E-state index is 12.5. The molecule has 0 radical (unpaired) electrons. The van der Waals surface area contributed by atoms with E-state index >= 15 is 0 Å². The van der Waals surface area contributed by atoms with Crippen LogP contribution >= 0.6 is 11.6 Å². The first-order valence-electron chi connectivity index (χ1n) is 7.53. The Morgan fingerprint density at radius 2 is 1.95 bits per heavy atom. The summed E-state index contributed by atoms with van der Waals surface area (Å²) in [6.45, 7) is 3.09. The zero-order valence-electron chi connectivity index (χ0n) is 12.6. The number of hydrogen-bond donors (Lipinski definition) is 1. The van der Waals surface area contributed by atoms with Crippen molar-refractivity contribution in [1.29, 1.82) is 0 Å². The lowest BCUT2D eigenvalue weighted by Gasteiger charge is -2.20. The molecular formula is C18H19ClN2O. The fourth-order valence-corrected chi connectivity index (χ4v) is 3.17. The summed E-state index contributed by atoms with van der Waals surface area (Å²) in [6.07, 6.45) is 0.933. The minimum Gasteiger partial charge on any atom is -0.311 e. The van der Waals surface area contributed by atoms with Crippen LogP contribution < -0.4 is 10.2 Å². The molecule has 0 fully saturated rings. The van der Waals surface area contributed by atoms with Gasteiger partial charge < -0.3 is 10.2 Å². The molecule has 22 heavy (non-hydrogen) atoms. The van der Waals surface area contributed by atoms with Crippen LogP contribution in [0.1, 0.15) is 24.1 Å². The summed E-state index contributed by atoms with van der Waals surface area (Å²) < 4.78 is 0. The molecule has 0 aliphatic carbocycles. The van der Waals surface area contributed by atoms with Gasteiger partial charge in [0.15, 0.2) is 0 Å². The molecule has 0 saturated carbocycles. The van der Waals surface area contributed by atoms with Crippen molar-refractivity contribution in [2.45, 2.75) is 19.4 Å². The Labute approximate surface area is 135 Å². The first kappa shape index (κ1) is 15.1.